The number of esters is 1. The molecule has 0 spiro atoms. The maximum absolute atomic E-state index is 10.8. The Morgan fingerprint density at radius 2 is 2.14 bits per heavy atom. The number of carboxylic acid groups (broad SMARTS) is 1. The lowest BCUT2D eigenvalue weighted by Crippen LogP contribution is -2.04. The summed E-state index contributed by atoms with van der Waals surface area (Å²) >= 11 is 0. The van der Waals surface area contributed by atoms with E-state index in [0.29, 0.717) is 6.61 Å². The summed E-state index contributed by atoms with van der Waals surface area (Å²) in [5.74, 6) is -1.78. The molecule has 0 aliphatic rings. The van der Waals surface area contributed by atoms with Gasteiger partial charge in [-0.2, -0.15) is 0 Å². The van der Waals surface area contributed by atoms with E-state index in [-0.39, 0.29) is 0 Å². The normalized spacial score (nSPS) is 11.2. The van der Waals surface area contributed by atoms with E-state index in [0.717, 1.165) is 24.6 Å². The molecule has 0 rings (SSSR count). The number of ether oxygens (including phenoxy) is 1. The van der Waals surface area contributed by atoms with Gasteiger partial charge in [0.15, 0.2) is 9.76 Å². The first-order valence-corrected chi connectivity index (χ1v) is 5.81. The summed E-state index contributed by atoms with van der Waals surface area (Å²) in [6, 6.07) is 0.951. The van der Waals surface area contributed by atoms with Crippen LogP contribution in [-0.4, -0.2) is 40.5 Å². The van der Waals surface area contributed by atoms with Crippen molar-refractivity contribution >= 4 is 21.7 Å². The summed E-state index contributed by atoms with van der Waals surface area (Å²) in [6.45, 7) is 0.319. The van der Waals surface area contributed by atoms with Crippen molar-refractivity contribution in [2.45, 2.75) is 12.5 Å². The molecule has 6 heteroatoms. The topological polar surface area (TPSA) is 72.8 Å². The van der Waals surface area contributed by atoms with Crippen LogP contribution in [0.5, 0.6) is 0 Å². The Bertz CT molecular complexity index is 214. The first-order valence-electron chi connectivity index (χ1n) is 4.23. The van der Waals surface area contributed by atoms with Crippen molar-refractivity contribution in [1.82, 2.24) is 0 Å². The third kappa shape index (κ3) is 8.95. The molecular weight excluding hydrogens is 204 g/mol. The Hall–Kier alpha value is -1.14. The van der Waals surface area contributed by atoms with Gasteiger partial charge in [0.25, 0.3) is 0 Å². The monoisotopic (exact) mass is 218 g/mol. The van der Waals surface area contributed by atoms with Gasteiger partial charge in [0.2, 0.25) is 0 Å². The fraction of sp³-hybridized carbons (Fsp3) is 0.500. The largest absolute Gasteiger partial charge is 0.478 e. The second-order valence-electron chi connectivity index (χ2n) is 2.54. The molecule has 0 amide bonds. The summed E-state index contributed by atoms with van der Waals surface area (Å²) in [7, 11) is 1.21. The molecule has 0 saturated heterocycles. The predicted octanol–water partition coefficient (Wildman–Crippen LogP) is -0.291. The summed E-state index contributed by atoms with van der Waals surface area (Å²) in [6.07, 6.45) is 2.43. The molecule has 0 bridgehead atoms. The average Bonchev–Trinajstić information content (AvgIpc) is 2.14. The lowest BCUT2D eigenvalue weighted by atomic mass is 10.5. The van der Waals surface area contributed by atoms with Gasteiger partial charge in [0, 0.05) is 19.3 Å². The van der Waals surface area contributed by atoms with Crippen LogP contribution in [0.25, 0.3) is 0 Å². The molecule has 5 nitrogen and oxygen atoms in total. The van der Waals surface area contributed by atoms with Gasteiger partial charge in [0.1, 0.15) is 0 Å². The molecule has 0 aliphatic carbocycles. The van der Waals surface area contributed by atoms with Crippen molar-refractivity contribution < 1.29 is 23.9 Å². The van der Waals surface area contributed by atoms with Crippen LogP contribution < -0.4 is 0 Å². The van der Waals surface area contributed by atoms with Crippen molar-refractivity contribution in [3.63, 3.8) is 0 Å². The van der Waals surface area contributed by atoms with E-state index in [1.807, 2.05) is 0 Å². The Labute approximate surface area is 84.6 Å². The van der Waals surface area contributed by atoms with Crippen LogP contribution in [-0.2, 0) is 18.8 Å². The van der Waals surface area contributed by atoms with Crippen LogP contribution in [0.1, 0.15) is 6.42 Å². The quantitative estimate of drug-likeness (QED) is 0.275. The highest BCUT2D eigenvalue weighted by Crippen LogP contribution is 1.91. The van der Waals surface area contributed by atoms with Gasteiger partial charge in [-0.15, -0.1) is 0 Å². The van der Waals surface area contributed by atoms with Crippen molar-refractivity contribution in [2.24, 2.45) is 0 Å². The van der Waals surface area contributed by atoms with Gasteiger partial charge in [0.05, 0.1) is 6.61 Å². The number of carbonyl (C=O) groups excluding carboxylic acids is 1. The molecule has 0 heterocycles. The number of carboxylic acids is 1. The van der Waals surface area contributed by atoms with E-state index in [9.17, 15) is 9.59 Å². The third-order valence-corrected chi connectivity index (χ3v) is 2.55. The first kappa shape index (κ1) is 12.9. The van der Waals surface area contributed by atoms with Gasteiger partial charge < -0.3 is 14.3 Å². The molecule has 0 unspecified atom stereocenters. The van der Waals surface area contributed by atoms with Crippen molar-refractivity contribution in [2.75, 3.05) is 13.7 Å². The number of aliphatic carboxylic acids is 1. The van der Waals surface area contributed by atoms with E-state index < -0.39 is 21.7 Å². The summed E-state index contributed by atoms with van der Waals surface area (Å²) in [5.41, 5.74) is 0. The highest BCUT2D eigenvalue weighted by molar-refractivity contribution is 6.26. The molecule has 0 radical (unpaired) electrons. The summed E-state index contributed by atoms with van der Waals surface area (Å²) in [4.78, 5) is 20.8. The Balaban J connectivity index is 3.40. The highest BCUT2D eigenvalue weighted by atomic mass is 28.2. The summed E-state index contributed by atoms with van der Waals surface area (Å²) < 4.78 is 9.65. The van der Waals surface area contributed by atoms with Gasteiger partial charge >= 0.3 is 11.9 Å². The fourth-order valence-corrected chi connectivity index (χ4v) is 1.41. The zero-order chi connectivity index (χ0) is 10.8. The summed E-state index contributed by atoms with van der Waals surface area (Å²) in [5, 5.41) is 8.20. The first-order chi connectivity index (χ1) is 6.66. The Morgan fingerprint density at radius 1 is 1.43 bits per heavy atom. The van der Waals surface area contributed by atoms with E-state index in [1.54, 1.807) is 7.11 Å². The maximum Gasteiger partial charge on any atom is 0.331 e. The lowest BCUT2D eigenvalue weighted by molar-refractivity contribution is -0.138. The zero-order valence-corrected chi connectivity index (χ0v) is 9.48. The molecule has 0 saturated carbocycles. The number of hydrogen-bond acceptors (Lipinski definition) is 4. The van der Waals surface area contributed by atoms with E-state index in [2.05, 4.69) is 0 Å². The standard InChI is InChI=1S/C8H14O5Si/c1-12-14-6-2-5-13-8(11)4-3-7(9)10/h3-4H,2,5-6,14H2,1H3,(H,9,10). The molecule has 0 aromatic carbocycles. The molecule has 0 aromatic heterocycles. The molecule has 80 valence electrons. The van der Waals surface area contributed by atoms with Gasteiger partial charge in [-0.05, 0) is 12.5 Å². The van der Waals surface area contributed by atoms with E-state index >= 15 is 0 Å². The third-order valence-electron chi connectivity index (χ3n) is 1.35. The van der Waals surface area contributed by atoms with Gasteiger partial charge in [-0.3, -0.25) is 0 Å². The predicted molar refractivity (Wildman–Crippen MR) is 52.7 cm³/mol. The minimum Gasteiger partial charge on any atom is -0.478 e. The molecular formula is C8H14O5Si. The van der Waals surface area contributed by atoms with Crippen LogP contribution in [0.2, 0.25) is 6.04 Å². The molecule has 0 fully saturated rings. The Kier molecular flexibility index (Phi) is 7.76. The molecule has 0 aromatic rings. The lowest BCUT2D eigenvalue weighted by Gasteiger charge is -2.00. The molecule has 0 aliphatic heterocycles. The van der Waals surface area contributed by atoms with Crippen molar-refractivity contribution in [3.8, 4) is 0 Å². The molecule has 1 N–H and O–H groups in total. The van der Waals surface area contributed by atoms with Crippen LogP contribution in [0.3, 0.4) is 0 Å². The van der Waals surface area contributed by atoms with E-state index in [4.69, 9.17) is 14.3 Å². The second-order valence-corrected chi connectivity index (χ2v) is 4.23. The minimum atomic E-state index is -1.16. The van der Waals surface area contributed by atoms with Crippen LogP contribution in [0.15, 0.2) is 12.2 Å². The SMILES string of the molecule is CO[SiH2]CCCOC(=O)C=CC(=O)O. The Morgan fingerprint density at radius 3 is 2.71 bits per heavy atom. The van der Waals surface area contributed by atoms with Crippen molar-refractivity contribution in [1.29, 1.82) is 0 Å². The molecule has 0 atom stereocenters. The average molecular weight is 218 g/mol. The smallest absolute Gasteiger partial charge is 0.331 e. The highest BCUT2D eigenvalue weighted by Gasteiger charge is 1.97. The number of hydrogen-bond donors (Lipinski definition) is 1. The van der Waals surface area contributed by atoms with Gasteiger partial charge in [-0.25, -0.2) is 9.59 Å². The zero-order valence-electron chi connectivity index (χ0n) is 8.06. The van der Waals surface area contributed by atoms with Crippen LogP contribution in [0, 0.1) is 0 Å². The fourth-order valence-electron chi connectivity index (χ4n) is 0.709. The number of rotatable bonds is 7. The maximum atomic E-state index is 10.8. The number of carbonyl (C=O) groups is 2. The van der Waals surface area contributed by atoms with Crippen LogP contribution >= 0.6 is 0 Å². The van der Waals surface area contributed by atoms with Crippen molar-refractivity contribution in [3.05, 3.63) is 12.2 Å². The van der Waals surface area contributed by atoms with E-state index in [1.165, 1.54) is 0 Å². The van der Waals surface area contributed by atoms with Gasteiger partial charge in [-0.1, -0.05) is 0 Å². The van der Waals surface area contributed by atoms with Crippen LogP contribution in [0.4, 0.5) is 0 Å². The molecule has 14 heavy (non-hydrogen) atoms. The second kappa shape index (κ2) is 8.45. The minimum absolute atomic E-state index is 0.319.